The molecule has 0 saturated heterocycles. The summed E-state index contributed by atoms with van der Waals surface area (Å²) < 4.78 is 12.6. The molecule has 0 saturated carbocycles. The molecule has 0 aliphatic heterocycles. The first-order valence-corrected chi connectivity index (χ1v) is 11.0. The molecular formula is C25H22N2O4S. The highest BCUT2D eigenvalue weighted by Gasteiger charge is 2.17. The Balaban J connectivity index is 1.85. The van der Waals surface area contributed by atoms with Gasteiger partial charge in [0.1, 0.15) is 11.5 Å². The van der Waals surface area contributed by atoms with E-state index < -0.39 is 0 Å². The number of para-hydroxylation sites is 3. The predicted molar refractivity (Wildman–Crippen MR) is 126 cm³/mol. The van der Waals surface area contributed by atoms with Crippen LogP contribution in [0.5, 0.6) is 11.5 Å². The minimum absolute atomic E-state index is 0.0198. The fourth-order valence-corrected chi connectivity index (χ4v) is 4.47. The van der Waals surface area contributed by atoms with E-state index in [1.165, 1.54) is 18.7 Å². The number of hydrogen-bond donors (Lipinski definition) is 0. The second-order valence-corrected chi connectivity index (χ2v) is 8.04. The van der Waals surface area contributed by atoms with Gasteiger partial charge in [0, 0.05) is 16.9 Å². The van der Waals surface area contributed by atoms with E-state index in [1.807, 2.05) is 48.5 Å². The molecule has 0 spiro atoms. The molecule has 0 radical (unpaired) electrons. The first kappa shape index (κ1) is 21.6. The monoisotopic (exact) mass is 446 g/mol. The van der Waals surface area contributed by atoms with Gasteiger partial charge >= 0.3 is 0 Å². The van der Waals surface area contributed by atoms with Crippen molar-refractivity contribution < 1.29 is 14.3 Å². The SMILES string of the molecule is COc1ccc(C(C)=O)cc1CSc1nc2ccccc2c(=O)n1-c1ccccc1OC. The Morgan fingerprint density at radius 3 is 2.44 bits per heavy atom. The van der Waals surface area contributed by atoms with Crippen LogP contribution in [0.3, 0.4) is 0 Å². The molecule has 0 fully saturated rings. The molecule has 32 heavy (non-hydrogen) atoms. The smallest absolute Gasteiger partial charge is 0.266 e. The molecule has 1 aromatic heterocycles. The van der Waals surface area contributed by atoms with Crippen LogP contribution in [0.1, 0.15) is 22.8 Å². The first-order chi connectivity index (χ1) is 15.5. The van der Waals surface area contributed by atoms with Crippen molar-refractivity contribution in [2.24, 2.45) is 0 Å². The van der Waals surface area contributed by atoms with Gasteiger partial charge in [-0.1, -0.05) is 36.0 Å². The summed E-state index contributed by atoms with van der Waals surface area (Å²) in [6, 6.07) is 20.0. The second-order valence-electron chi connectivity index (χ2n) is 7.10. The summed E-state index contributed by atoms with van der Waals surface area (Å²) in [7, 11) is 3.17. The third kappa shape index (κ3) is 4.11. The molecule has 162 valence electrons. The number of Topliss-reactive ketones (excluding diaryl/α,β-unsaturated/α-hetero) is 1. The Morgan fingerprint density at radius 1 is 0.969 bits per heavy atom. The number of fused-ring (bicyclic) bond motifs is 1. The topological polar surface area (TPSA) is 70.4 Å². The van der Waals surface area contributed by atoms with Gasteiger partial charge in [-0.3, -0.25) is 14.2 Å². The highest BCUT2D eigenvalue weighted by Crippen LogP contribution is 2.31. The third-order valence-electron chi connectivity index (χ3n) is 5.11. The van der Waals surface area contributed by atoms with Crippen LogP contribution >= 0.6 is 11.8 Å². The normalized spacial score (nSPS) is 10.8. The van der Waals surface area contributed by atoms with Crippen LogP contribution in [0.15, 0.2) is 76.7 Å². The number of nitrogens with zero attached hydrogens (tertiary/aromatic N) is 2. The second kappa shape index (κ2) is 9.28. The average Bonchev–Trinajstić information content (AvgIpc) is 2.82. The van der Waals surface area contributed by atoms with Crippen molar-refractivity contribution in [2.75, 3.05) is 14.2 Å². The third-order valence-corrected chi connectivity index (χ3v) is 6.10. The number of thioether (sulfide) groups is 1. The van der Waals surface area contributed by atoms with Crippen LogP contribution in [-0.2, 0) is 5.75 Å². The van der Waals surface area contributed by atoms with E-state index in [4.69, 9.17) is 14.5 Å². The average molecular weight is 447 g/mol. The molecule has 3 aromatic carbocycles. The highest BCUT2D eigenvalue weighted by molar-refractivity contribution is 7.98. The molecule has 0 bridgehead atoms. The van der Waals surface area contributed by atoms with E-state index in [9.17, 15) is 9.59 Å². The van der Waals surface area contributed by atoms with Gasteiger partial charge in [-0.05, 0) is 49.4 Å². The fourth-order valence-electron chi connectivity index (χ4n) is 3.49. The van der Waals surface area contributed by atoms with Crippen molar-refractivity contribution in [3.05, 3.63) is 88.2 Å². The molecule has 0 aliphatic rings. The van der Waals surface area contributed by atoms with Crippen molar-refractivity contribution in [3.63, 3.8) is 0 Å². The van der Waals surface area contributed by atoms with E-state index >= 15 is 0 Å². The quantitative estimate of drug-likeness (QED) is 0.229. The number of hydrogen-bond acceptors (Lipinski definition) is 6. The maximum atomic E-state index is 13.5. The first-order valence-electron chi connectivity index (χ1n) is 9.99. The van der Waals surface area contributed by atoms with E-state index in [0.717, 1.165) is 5.56 Å². The van der Waals surface area contributed by atoms with Crippen LogP contribution in [0, 0.1) is 0 Å². The Bertz CT molecular complexity index is 1360. The van der Waals surface area contributed by atoms with Gasteiger partial charge in [0.15, 0.2) is 10.9 Å². The molecule has 7 heteroatoms. The number of benzene rings is 3. The van der Waals surface area contributed by atoms with Gasteiger partial charge in [0.25, 0.3) is 5.56 Å². The van der Waals surface area contributed by atoms with E-state index in [-0.39, 0.29) is 11.3 Å². The summed E-state index contributed by atoms with van der Waals surface area (Å²) in [5.41, 5.74) is 2.52. The molecule has 1 heterocycles. The molecule has 4 aromatic rings. The molecular weight excluding hydrogens is 424 g/mol. The number of carbonyl (C=O) groups is 1. The minimum atomic E-state index is -0.174. The largest absolute Gasteiger partial charge is 0.496 e. The Labute approximate surface area is 189 Å². The van der Waals surface area contributed by atoms with Crippen LogP contribution in [0.25, 0.3) is 16.6 Å². The molecule has 0 unspecified atom stereocenters. The van der Waals surface area contributed by atoms with Crippen molar-refractivity contribution >= 4 is 28.4 Å². The molecule has 0 aliphatic carbocycles. The highest BCUT2D eigenvalue weighted by atomic mass is 32.2. The number of carbonyl (C=O) groups excluding carboxylic acids is 1. The lowest BCUT2D eigenvalue weighted by Crippen LogP contribution is -2.22. The van der Waals surface area contributed by atoms with Crippen LogP contribution in [-0.4, -0.2) is 29.6 Å². The zero-order valence-corrected chi connectivity index (χ0v) is 18.8. The summed E-state index contributed by atoms with van der Waals surface area (Å²) in [4.78, 5) is 30.1. The summed E-state index contributed by atoms with van der Waals surface area (Å²) in [6.07, 6.45) is 0. The lowest BCUT2D eigenvalue weighted by Gasteiger charge is -2.16. The Kier molecular flexibility index (Phi) is 6.28. The lowest BCUT2D eigenvalue weighted by molar-refractivity contribution is 0.101. The molecule has 0 atom stereocenters. The standard InChI is InChI=1S/C25H22N2O4S/c1-16(28)17-12-13-22(30-2)18(14-17)15-32-25-26-20-9-5-4-8-19(20)24(29)27(25)21-10-6-7-11-23(21)31-3/h4-14H,15H2,1-3H3. The van der Waals surface area contributed by atoms with Crippen LogP contribution in [0.2, 0.25) is 0 Å². The van der Waals surface area contributed by atoms with E-state index in [2.05, 4.69) is 0 Å². The number of aromatic nitrogens is 2. The summed E-state index contributed by atoms with van der Waals surface area (Å²) in [6.45, 7) is 1.53. The number of ether oxygens (including phenoxy) is 2. The molecule has 0 N–H and O–H groups in total. The summed E-state index contributed by atoms with van der Waals surface area (Å²) in [5, 5.41) is 1.05. The fraction of sp³-hybridized carbons (Fsp3) is 0.160. The summed E-state index contributed by atoms with van der Waals surface area (Å²) in [5.74, 6) is 1.69. The van der Waals surface area contributed by atoms with Gasteiger partial charge in [-0.2, -0.15) is 0 Å². The predicted octanol–water partition coefficient (Wildman–Crippen LogP) is 4.90. The van der Waals surface area contributed by atoms with Crippen molar-refractivity contribution in [1.29, 1.82) is 0 Å². The minimum Gasteiger partial charge on any atom is -0.496 e. The van der Waals surface area contributed by atoms with Gasteiger partial charge in [-0.25, -0.2) is 4.98 Å². The van der Waals surface area contributed by atoms with Crippen molar-refractivity contribution in [1.82, 2.24) is 9.55 Å². The summed E-state index contributed by atoms with van der Waals surface area (Å²) >= 11 is 1.40. The van der Waals surface area contributed by atoms with Crippen molar-refractivity contribution in [2.45, 2.75) is 17.8 Å². The molecule has 4 rings (SSSR count). The van der Waals surface area contributed by atoms with Gasteiger partial charge in [0.2, 0.25) is 0 Å². The number of methoxy groups -OCH3 is 2. The number of rotatable bonds is 7. The van der Waals surface area contributed by atoms with Crippen LogP contribution < -0.4 is 15.0 Å². The lowest BCUT2D eigenvalue weighted by atomic mass is 10.1. The molecule has 6 nitrogen and oxygen atoms in total. The Morgan fingerprint density at radius 2 is 1.69 bits per heavy atom. The van der Waals surface area contributed by atoms with Gasteiger partial charge in [0.05, 0.1) is 30.8 Å². The maximum absolute atomic E-state index is 13.5. The zero-order chi connectivity index (χ0) is 22.7. The van der Waals surface area contributed by atoms with Crippen LogP contribution in [0.4, 0.5) is 0 Å². The Hall–Kier alpha value is -3.58. The van der Waals surface area contributed by atoms with Gasteiger partial charge in [-0.15, -0.1) is 0 Å². The van der Waals surface area contributed by atoms with E-state index in [0.29, 0.717) is 44.6 Å². The van der Waals surface area contributed by atoms with Crippen molar-refractivity contribution in [3.8, 4) is 17.2 Å². The number of ketones is 1. The van der Waals surface area contributed by atoms with Gasteiger partial charge < -0.3 is 9.47 Å². The molecule has 0 amide bonds. The van der Waals surface area contributed by atoms with E-state index in [1.54, 1.807) is 37.0 Å². The maximum Gasteiger partial charge on any atom is 0.266 e. The zero-order valence-electron chi connectivity index (χ0n) is 18.0.